The van der Waals surface area contributed by atoms with Crippen LogP contribution in [0, 0.1) is 19.3 Å². The second-order valence-electron chi connectivity index (χ2n) is 6.09. The monoisotopic (exact) mass is 305 g/mol. The van der Waals surface area contributed by atoms with Gasteiger partial charge in [-0.15, -0.1) is 5.10 Å². The summed E-state index contributed by atoms with van der Waals surface area (Å²) in [5, 5.41) is 8.46. The van der Waals surface area contributed by atoms with Crippen LogP contribution in [0.15, 0.2) is 0 Å². The van der Waals surface area contributed by atoms with E-state index in [1.54, 1.807) is 0 Å². The van der Waals surface area contributed by atoms with Gasteiger partial charge in [-0.1, -0.05) is 13.8 Å². The molecule has 1 spiro atoms. The van der Waals surface area contributed by atoms with Crippen LogP contribution in [0.5, 0.6) is 0 Å². The molecule has 122 valence electrons. The van der Waals surface area contributed by atoms with Crippen molar-refractivity contribution in [3.63, 3.8) is 0 Å². The Bertz CT molecular complexity index is 543. The van der Waals surface area contributed by atoms with Crippen LogP contribution in [0.2, 0.25) is 0 Å². The summed E-state index contributed by atoms with van der Waals surface area (Å²) >= 11 is 0. The van der Waals surface area contributed by atoms with Gasteiger partial charge < -0.3 is 9.64 Å². The minimum atomic E-state index is -0.317. The Morgan fingerprint density at radius 2 is 1.68 bits per heavy atom. The quantitative estimate of drug-likeness (QED) is 0.785. The first-order valence-electron chi connectivity index (χ1n) is 8.23. The highest BCUT2D eigenvalue weighted by Gasteiger charge is 2.45. The van der Waals surface area contributed by atoms with E-state index in [-0.39, 0.29) is 5.97 Å². The smallest absolute Gasteiger partial charge is 0.342 e. The SMILES string of the molecule is CC.COC(=O)c1c(N2CCC3(CC2)CC3)nnc(C)c1C. The Balaban J connectivity index is 0.000000847. The second kappa shape index (κ2) is 6.63. The third-order valence-electron chi connectivity index (χ3n) is 4.91. The van der Waals surface area contributed by atoms with Gasteiger partial charge in [0.1, 0.15) is 5.56 Å². The Morgan fingerprint density at radius 1 is 1.09 bits per heavy atom. The van der Waals surface area contributed by atoms with E-state index in [9.17, 15) is 4.79 Å². The van der Waals surface area contributed by atoms with Gasteiger partial charge in [0, 0.05) is 13.1 Å². The molecule has 0 radical (unpaired) electrons. The van der Waals surface area contributed by atoms with E-state index in [0.717, 1.165) is 24.3 Å². The van der Waals surface area contributed by atoms with Gasteiger partial charge in [0.25, 0.3) is 0 Å². The normalized spacial score (nSPS) is 18.5. The largest absolute Gasteiger partial charge is 0.465 e. The van der Waals surface area contributed by atoms with Crippen molar-refractivity contribution in [2.75, 3.05) is 25.1 Å². The van der Waals surface area contributed by atoms with Crippen LogP contribution in [0.25, 0.3) is 0 Å². The van der Waals surface area contributed by atoms with Crippen molar-refractivity contribution < 1.29 is 9.53 Å². The average molecular weight is 305 g/mol. The van der Waals surface area contributed by atoms with Gasteiger partial charge in [-0.05, 0) is 50.5 Å². The predicted molar refractivity (Wildman–Crippen MR) is 87.3 cm³/mol. The molecule has 2 aliphatic rings. The number of nitrogens with zero attached hydrogens (tertiary/aromatic N) is 3. The average Bonchev–Trinajstić information content (AvgIpc) is 3.31. The zero-order valence-corrected chi connectivity index (χ0v) is 14.4. The summed E-state index contributed by atoms with van der Waals surface area (Å²) in [5.74, 6) is 0.373. The number of rotatable bonds is 2. The standard InChI is InChI=1S/C15H21N3O2.C2H6/c1-10-11(2)16-17-13(12(10)14(19)20-3)18-8-6-15(4-5-15)7-9-18;1-2/h4-9H2,1-3H3;1-2H3. The van der Waals surface area contributed by atoms with Crippen LogP contribution in [0.3, 0.4) is 0 Å². The number of carbonyl (C=O) groups excluding carboxylic acids is 1. The Hall–Kier alpha value is -1.65. The van der Waals surface area contributed by atoms with Crippen molar-refractivity contribution in [2.24, 2.45) is 5.41 Å². The summed E-state index contributed by atoms with van der Waals surface area (Å²) in [6.07, 6.45) is 5.12. The lowest BCUT2D eigenvalue weighted by Crippen LogP contribution is -2.36. The first kappa shape index (κ1) is 16.7. The first-order valence-corrected chi connectivity index (χ1v) is 8.23. The summed E-state index contributed by atoms with van der Waals surface area (Å²) in [7, 11) is 1.41. The fourth-order valence-electron chi connectivity index (χ4n) is 3.03. The Morgan fingerprint density at radius 3 is 2.18 bits per heavy atom. The fraction of sp³-hybridized carbons (Fsp3) is 0.706. The van der Waals surface area contributed by atoms with E-state index in [2.05, 4.69) is 15.1 Å². The zero-order chi connectivity index (χ0) is 16.3. The van der Waals surface area contributed by atoms with Crippen LogP contribution in [-0.2, 0) is 4.74 Å². The molecule has 0 aromatic carbocycles. The molecule has 1 aromatic heterocycles. The number of hydrogen-bond acceptors (Lipinski definition) is 5. The van der Waals surface area contributed by atoms with Gasteiger partial charge in [-0.25, -0.2) is 4.79 Å². The number of aromatic nitrogens is 2. The van der Waals surface area contributed by atoms with Gasteiger partial charge in [0.15, 0.2) is 5.82 Å². The number of carbonyl (C=O) groups is 1. The number of aryl methyl sites for hydroxylation is 1. The van der Waals surface area contributed by atoms with Crippen LogP contribution >= 0.6 is 0 Å². The third-order valence-corrected chi connectivity index (χ3v) is 4.91. The Labute approximate surface area is 133 Å². The molecule has 5 heteroatoms. The molecule has 0 atom stereocenters. The summed E-state index contributed by atoms with van der Waals surface area (Å²) in [6.45, 7) is 9.70. The summed E-state index contributed by atoms with van der Waals surface area (Å²) in [5.41, 5.74) is 2.83. The molecular weight excluding hydrogens is 278 g/mol. The van der Waals surface area contributed by atoms with Gasteiger partial charge >= 0.3 is 5.97 Å². The number of esters is 1. The van der Waals surface area contributed by atoms with Crippen molar-refractivity contribution in [2.45, 2.75) is 53.4 Å². The maximum absolute atomic E-state index is 12.1. The van der Waals surface area contributed by atoms with E-state index in [1.165, 1.54) is 32.8 Å². The zero-order valence-electron chi connectivity index (χ0n) is 14.4. The summed E-state index contributed by atoms with van der Waals surface area (Å²) < 4.78 is 4.92. The molecule has 0 amide bonds. The molecule has 3 rings (SSSR count). The second-order valence-corrected chi connectivity index (χ2v) is 6.09. The number of ether oxygens (including phenoxy) is 1. The van der Waals surface area contributed by atoms with E-state index in [1.807, 2.05) is 27.7 Å². The van der Waals surface area contributed by atoms with Crippen molar-refractivity contribution in [3.05, 3.63) is 16.8 Å². The maximum Gasteiger partial charge on any atom is 0.342 e. The molecule has 1 aromatic rings. The molecule has 2 fully saturated rings. The molecule has 2 heterocycles. The van der Waals surface area contributed by atoms with Gasteiger partial charge in [0.05, 0.1) is 12.8 Å². The molecule has 0 unspecified atom stereocenters. The number of anilines is 1. The van der Waals surface area contributed by atoms with Crippen molar-refractivity contribution in [1.82, 2.24) is 10.2 Å². The minimum Gasteiger partial charge on any atom is -0.465 e. The molecule has 22 heavy (non-hydrogen) atoms. The van der Waals surface area contributed by atoms with Crippen LogP contribution in [-0.4, -0.2) is 36.4 Å². The lowest BCUT2D eigenvalue weighted by molar-refractivity contribution is 0.0599. The van der Waals surface area contributed by atoms with Crippen LogP contribution < -0.4 is 4.90 Å². The van der Waals surface area contributed by atoms with Gasteiger partial charge in [-0.2, -0.15) is 5.10 Å². The molecular formula is C17H27N3O2. The van der Waals surface area contributed by atoms with Gasteiger partial charge in [0.2, 0.25) is 0 Å². The van der Waals surface area contributed by atoms with E-state index < -0.39 is 0 Å². The Kier molecular flexibility index (Phi) is 5.04. The summed E-state index contributed by atoms with van der Waals surface area (Å²) in [6, 6.07) is 0. The third kappa shape index (κ3) is 3.08. The molecule has 0 bridgehead atoms. The highest BCUT2D eigenvalue weighted by atomic mass is 16.5. The van der Waals surface area contributed by atoms with Crippen LogP contribution in [0.1, 0.15) is 61.1 Å². The minimum absolute atomic E-state index is 0.317. The highest BCUT2D eigenvalue weighted by Crippen LogP contribution is 2.53. The number of piperidine rings is 1. The van der Waals surface area contributed by atoms with Gasteiger partial charge in [-0.3, -0.25) is 0 Å². The number of hydrogen-bond donors (Lipinski definition) is 0. The van der Waals surface area contributed by atoms with Crippen molar-refractivity contribution >= 4 is 11.8 Å². The lowest BCUT2D eigenvalue weighted by atomic mass is 9.93. The van der Waals surface area contributed by atoms with E-state index >= 15 is 0 Å². The van der Waals surface area contributed by atoms with Crippen LogP contribution in [0.4, 0.5) is 5.82 Å². The van der Waals surface area contributed by atoms with Crippen molar-refractivity contribution in [3.8, 4) is 0 Å². The molecule has 0 N–H and O–H groups in total. The summed E-state index contributed by atoms with van der Waals surface area (Å²) in [4.78, 5) is 14.3. The lowest BCUT2D eigenvalue weighted by Gasteiger charge is -2.33. The van der Waals surface area contributed by atoms with E-state index in [4.69, 9.17) is 4.74 Å². The molecule has 1 aliphatic heterocycles. The first-order chi connectivity index (χ1) is 10.6. The van der Waals surface area contributed by atoms with Crippen molar-refractivity contribution in [1.29, 1.82) is 0 Å². The molecule has 1 saturated carbocycles. The maximum atomic E-state index is 12.1. The van der Waals surface area contributed by atoms with E-state index in [0.29, 0.717) is 16.8 Å². The molecule has 1 aliphatic carbocycles. The molecule has 5 nitrogen and oxygen atoms in total. The topological polar surface area (TPSA) is 55.3 Å². The highest BCUT2D eigenvalue weighted by molar-refractivity contribution is 5.96. The fourth-order valence-corrected chi connectivity index (χ4v) is 3.03. The molecule has 1 saturated heterocycles. The predicted octanol–water partition coefficient (Wildman–Crippen LogP) is 3.29. The number of methoxy groups -OCH3 is 1.